The maximum Gasteiger partial charge on any atom is 0.119 e. The molecule has 0 saturated heterocycles. The van der Waals surface area contributed by atoms with Crippen LogP contribution in [0.3, 0.4) is 0 Å². The van der Waals surface area contributed by atoms with Crippen molar-refractivity contribution in [2.24, 2.45) is 0 Å². The highest BCUT2D eigenvalue weighted by Crippen LogP contribution is 2.30. The van der Waals surface area contributed by atoms with Crippen LogP contribution in [0.4, 0.5) is 0 Å². The van der Waals surface area contributed by atoms with Gasteiger partial charge >= 0.3 is 0 Å². The van der Waals surface area contributed by atoms with Crippen LogP contribution in [-0.4, -0.2) is 28.7 Å². The van der Waals surface area contributed by atoms with E-state index in [1.54, 1.807) is 6.20 Å². The average molecular weight is 211 g/mol. The van der Waals surface area contributed by atoms with Crippen LogP contribution < -0.4 is 0 Å². The zero-order valence-electron chi connectivity index (χ0n) is 8.80. The number of hydrogen-bond acceptors (Lipinski definition) is 5. The predicted molar refractivity (Wildman–Crippen MR) is 56.5 cm³/mol. The highest BCUT2D eigenvalue weighted by molar-refractivity contribution is 5.76. The van der Waals surface area contributed by atoms with Gasteiger partial charge in [0.05, 0.1) is 18.0 Å². The van der Waals surface area contributed by atoms with Crippen LogP contribution in [0.5, 0.6) is 0 Å². The summed E-state index contributed by atoms with van der Waals surface area (Å²) >= 11 is 0. The standard InChI is InChI=1S/C11H9N5/c1-16-3-2-9(11(16)5-13)10-7-15-14-6-8(10)4-12/h6-7H,2-3H2,1H3. The van der Waals surface area contributed by atoms with Crippen molar-refractivity contribution >= 4 is 5.57 Å². The molecule has 1 aliphatic heterocycles. The minimum absolute atomic E-state index is 0.466. The van der Waals surface area contributed by atoms with E-state index >= 15 is 0 Å². The first-order chi connectivity index (χ1) is 7.77. The van der Waals surface area contributed by atoms with Crippen molar-refractivity contribution in [3.05, 3.63) is 29.2 Å². The number of hydrogen-bond donors (Lipinski definition) is 0. The van der Waals surface area contributed by atoms with E-state index in [1.807, 2.05) is 11.9 Å². The summed E-state index contributed by atoms with van der Waals surface area (Å²) < 4.78 is 0. The Morgan fingerprint density at radius 3 is 2.69 bits per heavy atom. The molecule has 1 aromatic heterocycles. The molecule has 0 unspecified atom stereocenters. The number of allylic oxidation sites excluding steroid dienone is 1. The lowest BCUT2D eigenvalue weighted by Crippen LogP contribution is -2.11. The van der Waals surface area contributed by atoms with Crippen molar-refractivity contribution in [3.8, 4) is 12.1 Å². The van der Waals surface area contributed by atoms with Gasteiger partial charge in [-0.05, 0) is 12.0 Å². The van der Waals surface area contributed by atoms with Crippen LogP contribution in [-0.2, 0) is 0 Å². The van der Waals surface area contributed by atoms with Gasteiger partial charge in [0.1, 0.15) is 17.8 Å². The Balaban J connectivity index is 2.58. The molecule has 0 amide bonds. The van der Waals surface area contributed by atoms with Gasteiger partial charge in [-0.15, -0.1) is 0 Å². The van der Waals surface area contributed by atoms with Crippen molar-refractivity contribution < 1.29 is 0 Å². The fourth-order valence-corrected chi connectivity index (χ4v) is 1.81. The number of rotatable bonds is 1. The van der Waals surface area contributed by atoms with Gasteiger partial charge in [-0.25, -0.2) is 0 Å². The predicted octanol–water partition coefficient (Wildman–Crippen LogP) is 0.918. The molecule has 0 spiro atoms. The first-order valence-corrected chi connectivity index (χ1v) is 4.83. The SMILES string of the molecule is CN1CCC(c2cnncc2C#N)=C1C#N. The molecule has 16 heavy (non-hydrogen) atoms. The normalized spacial score (nSPS) is 14.8. The van der Waals surface area contributed by atoms with Crippen molar-refractivity contribution in [2.75, 3.05) is 13.6 Å². The summed E-state index contributed by atoms with van der Waals surface area (Å²) in [6.45, 7) is 0.797. The second kappa shape index (κ2) is 4.00. The number of nitriles is 2. The maximum atomic E-state index is 9.06. The molecular formula is C11H9N5. The molecule has 1 aromatic rings. The summed E-state index contributed by atoms with van der Waals surface area (Å²) in [4.78, 5) is 1.89. The molecule has 5 nitrogen and oxygen atoms in total. The molecule has 5 heteroatoms. The Hall–Kier alpha value is -2.40. The number of aromatic nitrogens is 2. The van der Waals surface area contributed by atoms with Crippen LogP contribution in [0.25, 0.3) is 5.57 Å². The summed E-state index contributed by atoms with van der Waals surface area (Å²) in [5.74, 6) is 0. The largest absolute Gasteiger partial charge is 0.366 e. The summed E-state index contributed by atoms with van der Waals surface area (Å²) in [5.41, 5.74) is 2.69. The van der Waals surface area contributed by atoms with Crippen molar-refractivity contribution in [1.29, 1.82) is 10.5 Å². The van der Waals surface area contributed by atoms with Crippen LogP contribution >= 0.6 is 0 Å². The van der Waals surface area contributed by atoms with Crippen LogP contribution in [0, 0.1) is 22.7 Å². The zero-order valence-corrected chi connectivity index (χ0v) is 8.80. The Bertz CT molecular complexity index is 532. The maximum absolute atomic E-state index is 9.06. The molecular weight excluding hydrogens is 202 g/mol. The van der Waals surface area contributed by atoms with Gasteiger partial charge in [0, 0.05) is 19.2 Å². The van der Waals surface area contributed by atoms with Crippen molar-refractivity contribution in [2.45, 2.75) is 6.42 Å². The third-order valence-corrected chi connectivity index (χ3v) is 2.65. The molecule has 0 aromatic carbocycles. The molecule has 0 fully saturated rings. The average Bonchev–Trinajstić information content (AvgIpc) is 2.70. The molecule has 0 aliphatic carbocycles. The minimum atomic E-state index is 0.466. The second-order valence-electron chi connectivity index (χ2n) is 3.54. The molecule has 0 atom stereocenters. The summed E-state index contributed by atoms with van der Waals surface area (Å²) in [6.07, 6.45) is 3.74. The van der Waals surface area contributed by atoms with Crippen molar-refractivity contribution in [3.63, 3.8) is 0 Å². The summed E-state index contributed by atoms with van der Waals surface area (Å²) in [6, 6.07) is 4.23. The van der Waals surface area contributed by atoms with Gasteiger partial charge in [0.25, 0.3) is 0 Å². The smallest absolute Gasteiger partial charge is 0.119 e. The fourth-order valence-electron chi connectivity index (χ4n) is 1.81. The van der Waals surface area contributed by atoms with E-state index in [9.17, 15) is 0 Å². The quantitative estimate of drug-likeness (QED) is 0.690. The molecule has 2 rings (SSSR count). The van der Waals surface area contributed by atoms with E-state index in [0.29, 0.717) is 11.3 Å². The van der Waals surface area contributed by atoms with Crippen LogP contribution in [0.15, 0.2) is 18.1 Å². The summed E-state index contributed by atoms with van der Waals surface area (Å²) in [5, 5.41) is 25.5. The second-order valence-corrected chi connectivity index (χ2v) is 3.54. The van der Waals surface area contributed by atoms with Crippen LogP contribution in [0.1, 0.15) is 17.5 Å². The van der Waals surface area contributed by atoms with Gasteiger partial charge in [0.2, 0.25) is 0 Å². The third kappa shape index (κ3) is 1.49. The van der Waals surface area contributed by atoms with Gasteiger partial charge in [0.15, 0.2) is 0 Å². The highest BCUT2D eigenvalue weighted by Gasteiger charge is 2.22. The zero-order chi connectivity index (χ0) is 11.5. The van der Waals surface area contributed by atoms with E-state index in [4.69, 9.17) is 10.5 Å². The lowest BCUT2D eigenvalue weighted by molar-refractivity contribution is 0.474. The molecule has 78 valence electrons. The minimum Gasteiger partial charge on any atom is -0.366 e. The van der Waals surface area contributed by atoms with Gasteiger partial charge in [-0.2, -0.15) is 20.7 Å². The Kier molecular flexibility index (Phi) is 2.53. The number of nitrogens with zero attached hydrogens (tertiary/aromatic N) is 5. The van der Waals surface area contributed by atoms with E-state index < -0.39 is 0 Å². The summed E-state index contributed by atoms with van der Waals surface area (Å²) in [7, 11) is 1.87. The van der Waals surface area contributed by atoms with E-state index in [0.717, 1.165) is 24.1 Å². The topological polar surface area (TPSA) is 76.6 Å². The Morgan fingerprint density at radius 2 is 2.00 bits per heavy atom. The van der Waals surface area contributed by atoms with Gasteiger partial charge in [-0.3, -0.25) is 0 Å². The molecule has 0 bridgehead atoms. The molecule has 0 radical (unpaired) electrons. The monoisotopic (exact) mass is 211 g/mol. The van der Waals surface area contributed by atoms with Crippen LogP contribution in [0.2, 0.25) is 0 Å². The molecule has 0 N–H and O–H groups in total. The fraction of sp³-hybridized carbons (Fsp3) is 0.273. The molecule has 2 heterocycles. The molecule has 0 saturated carbocycles. The Labute approximate surface area is 93.2 Å². The first-order valence-electron chi connectivity index (χ1n) is 4.83. The Morgan fingerprint density at radius 1 is 1.25 bits per heavy atom. The van der Waals surface area contributed by atoms with Crippen molar-refractivity contribution in [1.82, 2.24) is 15.1 Å². The van der Waals surface area contributed by atoms with Gasteiger partial charge in [-0.1, -0.05) is 0 Å². The van der Waals surface area contributed by atoms with Gasteiger partial charge < -0.3 is 4.90 Å². The van der Waals surface area contributed by atoms with E-state index in [-0.39, 0.29) is 0 Å². The highest BCUT2D eigenvalue weighted by atomic mass is 15.1. The van der Waals surface area contributed by atoms with E-state index in [2.05, 4.69) is 22.3 Å². The van der Waals surface area contributed by atoms with E-state index in [1.165, 1.54) is 6.20 Å². The first kappa shape index (κ1) is 10.1. The molecule has 1 aliphatic rings. The third-order valence-electron chi connectivity index (χ3n) is 2.65. The lowest BCUT2D eigenvalue weighted by Gasteiger charge is -2.09. The lowest BCUT2D eigenvalue weighted by atomic mass is 10.0.